The monoisotopic (exact) mass is 281 g/mol. The first kappa shape index (κ1) is 17.5. The predicted molar refractivity (Wildman–Crippen MR) is 86.8 cm³/mol. The van der Waals surface area contributed by atoms with Gasteiger partial charge in [-0.05, 0) is 12.3 Å². The van der Waals surface area contributed by atoms with Gasteiger partial charge in [-0.25, -0.2) is 0 Å². The summed E-state index contributed by atoms with van der Waals surface area (Å²) < 4.78 is 0. The van der Waals surface area contributed by atoms with Crippen molar-refractivity contribution in [2.75, 3.05) is 6.54 Å². The van der Waals surface area contributed by atoms with Gasteiger partial charge in [-0.3, -0.25) is 4.79 Å². The Hall–Kier alpha value is -0.530. The van der Waals surface area contributed by atoms with Gasteiger partial charge >= 0.3 is 0 Å². The van der Waals surface area contributed by atoms with E-state index >= 15 is 0 Å². The lowest BCUT2D eigenvalue weighted by Gasteiger charge is -2.08. The van der Waals surface area contributed by atoms with Crippen molar-refractivity contribution in [2.45, 2.75) is 96.8 Å². The van der Waals surface area contributed by atoms with E-state index < -0.39 is 0 Å². The number of unbranched alkanes of at least 4 members (excludes halogenated alkanes) is 7. The van der Waals surface area contributed by atoms with Crippen LogP contribution < -0.4 is 5.32 Å². The molecule has 0 spiro atoms. The van der Waals surface area contributed by atoms with Crippen molar-refractivity contribution in [1.82, 2.24) is 5.32 Å². The van der Waals surface area contributed by atoms with E-state index in [0.717, 1.165) is 18.9 Å². The molecule has 0 atom stereocenters. The van der Waals surface area contributed by atoms with Crippen molar-refractivity contribution in [3.8, 4) is 0 Å². The first-order chi connectivity index (χ1) is 9.83. The zero-order chi connectivity index (χ0) is 14.5. The Morgan fingerprint density at radius 1 is 0.900 bits per heavy atom. The van der Waals surface area contributed by atoms with Crippen LogP contribution >= 0.6 is 0 Å². The standard InChI is InChI=1S/C18H35NO/c1-2-18(20)19-16-12-8-6-4-3-5-7-9-13-17-14-10-11-15-17/h17H,2-16H2,1H3,(H,19,20). The molecule has 1 aliphatic rings. The van der Waals surface area contributed by atoms with Crippen molar-refractivity contribution in [3.05, 3.63) is 0 Å². The van der Waals surface area contributed by atoms with Crippen LogP contribution in [0.25, 0.3) is 0 Å². The Kier molecular flexibility index (Phi) is 10.7. The minimum atomic E-state index is 0.187. The molecule has 0 bridgehead atoms. The highest BCUT2D eigenvalue weighted by Gasteiger charge is 2.13. The maximum absolute atomic E-state index is 11.0. The van der Waals surface area contributed by atoms with E-state index in [4.69, 9.17) is 0 Å². The summed E-state index contributed by atoms with van der Waals surface area (Å²) in [5.41, 5.74) is 0. The molecule has 0 aromatic rings. The quantitative estimate of drug-likeness (QED) is 0.489. The van der Waals surface area contributed by atoms with Crippen LogP contribution in [0.1, 0.15) is 96.8 Å². The second-order valence-electron chi connectivity index (χ2n) is 6.47. The lowest BCUT2D eigenvalue weighted by Crippen LogP contribution is -2.23. The van der Waals surface area contributed by atoms with Gasteiger partial charge in [-0.15, -0.1) is 0 Å². The molecule has 1 rings (SSSR count). The summed E-state index contributed by atoms with van der Waals surface area (Å²) in [4.78, 5) is 11.0. The smallest absolute Gasteiger partial charge is 0.219 e. The van der Waals surface area contributed by atoms with Gasteiger partial charge in [0.1, 0.15) is 0 Å². The van der Waals surface area contributed by atoms with Crippen LogP contribution in [0.2, 0.25) is 0 Å². The second-order valence-corrected chi connectivity index (χ2v) is 6.47. The number of carbonyl (C=O) groups excluding carboxylic acids is 1. The number of hydrogen-bond donors (Lipinski definition) is 1. The van der Waals surface area contributed by atoms with Gasteiger partial charge in [-0.1, -0.05) is 84.0 Å². The maximum Gasteiger partial charge on any atom is 0.219 e. The number of amides is 1. The zero-order valence-corrected chi connectivity index (χ0v) is 13.6. The fraction of sp³-hybridized carbons (Fsp3) is 0.944. The van der Waals surface area contributed by atoms with E-state index in [9.17, 15) is 4.79 Å². The number of nitrogens with one attached hydrogen (secondary N) is 1. The molecule has 0 saturated heterocycles. The second kappa shape index (κ2) is 12.2. The molecule has 20 heavy (non-hydrogen) atoms. The molecule has 0 unspecified atom stereocenters. The van der Waals surface area contributed by atoms with Crippen LogP contribution in [-0.2, 0) is 4.79 Å². The van der Waals surface area contributed by atoms with E-state index in [-0.39, 0.29) is 5.91 Å². The van der Waals surface area contributed by atoms with E-state index in [1.807, 2.05) is 6.92 Å². The van der Waals surface area contributed by atoms with Gasteiger partial charge < -0.3 is 5.32 Å². The molecule has 1 aliphatic carbocycles. The van der Waals surface area contributed by atoms with Crippen LogP contribution in [-0.4, -0.2) is 12.5 Å². The van der Waals surface area contributed by atoms with Crippen molar-refractivity contribution in [3.63, 3.8) is 0 Å². The molecule has 2 heteroatoms. The summed E-state index contributed by atoms with van der Waals surface area (Å²) in [7, 11) is 0. The fourth-order valence-electron chi connectivity index (χ4n) is 3.27. The topological polar surface area (TPSA) is 29.1 Å². The minimum Gasteiger partial charge on any atom is -0.356 e. The number of hydrogen-bond acceptors (Lipinski definition) is 1. The zero-order valence-electron chi connectivity index (χ0n) is 13.6. The van der Waals surface area contributed by atoms with Crippen LogP contribution in [0.4, 0.5) is 0 Å². The molecule has 1 fully saturated rings. The van der Waals surface area contributed by atoms with Crippen molar-refractivity contribution < 1.29 is 4.79 Å². The van der Waals surface area contributed by atoms with Gasteiger partial charge in [0.2, 0.25) is 5.91 Å². The SMILES string of the molecule is CCC(=O)NCCCCCCCCCCC1CCCC1. The summed E-state index contributed by atoms with van der Waals surface area (Å²) in [5.74, 6) is 1.26. The molecule has 1 saturated carbocycles. The fourth-order valence-corrected chi connectivity index (χ4v) is 3.27. The van der Waals surface area contributed by atoms with Gasteiger partial charge in [0.25, 0.3) is 0 Å². The summed E-state index contributed by atoms with van der Waals surface area (Å²) in [6.45, 7) is 2.77. The normalized spacial score (nSPS) is 15.7. The molecule has 0 aromatic carbocycles. The third kappa shape index (κ3) is 9.39. The molecule has 0 aromatic heterocycles. The molecule has 0 heterocycles. The van der Waals surface area contributed by atoms with E-state index in [1.165, 1.54) is 77.0 Å². The molecule has 1 N–H and O–H groups in total. The van der Waals surface area contributed by atoms with Crippen molar-refractivity contribution in [1.29, 1.82) is 0 Å². The molecular weight excluding hydrogens is 246 g/mol. The third-order valence-corrected chi connectivity index (χ3v) is 4.66. The van der Waals surface area contributed by atoms with E-state index in [1.54, 1.807) is 0 Å². The Balaban J connectivity index is 1.71. The Bertz CT molecular complexity index is 234. The van der Waals surface area contributed by atoms with Crippen LogP contribution in [0.3, 0.4) is 0 Å². The van der Waals surface area contributed by atoms with Gasteiger partial charge in [0.05, 0.1) is 0 Å². The summed E-state index contributed by atoms with van der Waals surface area (Å²) in [6, 6.07) is 0. The molecular formula is C18H35NO. The first-order valence-corrected chi connectivity index (χ1v) is 9.09. The van der Waals surface area contributed by atoms with Gasteiger partial charge in [-0.2, -0.15) is 0 Å². The minimum absolute atomic E-state index is 0.187. The van der Waals surface area contributed by atoms with Crippen LogP contribution in [0, 0.1) is 5.92 Å². The average molecular weight is 281 g/mol. The van der Waals surface area contributed by atoms with Crippen molar-refractivity contribution >= 4 is 5.91 Å². The predicted octanol–water partition coefficient (Wildman–Crippen LogP) is 5.21. The number of rotatable bonds is 12. The summed E-state index contributed by atoms with van der Waals surface area (Å²) >= 11 is 0. The number of carbonyl (C=O) groups is 1. The van der Waals surface area contributed by atoms with Crippen LogP contribution in [0.5, 0.6) is 0 Å². The van der Waals surface area contributed by atoms with E-state index in [0.29, 0.717) is 6.42 Å². The third-order valence-electron chi connectivity index (χ3n) is 4.66. The van der Waals surface area contributed by atoms with Crippen LogP contribution in [0.15, 0.2) is 0 Å². The maximum atomic E-state index is 11.0. The average Bonchev–Trinajstić information content (AvgIpc) is 2.97. The lowest BCUT2D eigenvalue weighted by molar-refractivity contribution is -0.120. The molecule has 2 nitrogen and oxygen atoms in total. The highest BCUT2D eigenvalue weighted by atomic mass is 16.1. The Labute approximate surface area is 126 Å². The van der Waals surface area contributed by atoms with Gasteiger partial charge in [0, 0.05) is 13.0 Å². The molecule has 0 radical (unpaired) electrons. The lowest BCUT2D eigenvalue weighted by atomic mass is 9.99. The Morgan fingerprint density at radius 3 is 2.05 bits per heavy atom. The van der Waals surface area contributed by atoms with Crippen molar-refractivity contribution in [2.24, 2.45) is 5.92 Å². The van der Waals surface area contributed by atoms with Gasteiger partial charge in [0.15, 0.2) is 0 Å². The summed E-state index contributed by atoms with van der Waals surface area (Å²) in [5, 5.41) is 2.94. The Morgan fingerprint density at radius 2 is 1.45 bits per heavy atom. The summed E-state index contributed by atoms with van der Waals surface area (Å²) in [6.07, 6.45) is 19.0. The molecule has 0 aliphatic heterocycles. The molecule has 118 valence electrons. The highest BCUT2D eigenvalue weighted by molar-refractivity contribution is 5.75. The van der Waals surface area contributed by atoms with E-state index in [2.05, 4.69) is 5.32 Å². The largest absolute Gasteiger partial charge is 0.356 e. The molecule has 1 amide bonds. The highest BCUT2D eigenvalue weighted by Crippen LogP contribution is 2.29. The first-order valence-electron chi connectivity index (χ1n) is 9.09.